The van der Waals surface area contributed by atoms with Crippen molar-refractivity contribution in [2.45, 2.75) is 39.0 Å². The molecule has 0 spiro atoms. The Morgan fingerprint density at radius 3 is 2.00 bits per heavy atom. The van der Waals surface area contributed by atoms with Crippen LogP contribution in [0.5, 0.6) is 0 Å². The van der Waals surface area contributed by atoms with Crippen molar-refractivity contribution in [1.29, 1.82) is 0 Å². The van der Waals surface area contributed by atoms with E-state index >= 15 is 0 Å². The minimum atomic E-state index is -2.80. The summed E-state index contributed by atoms with van der Waals surface area (Å²) >= 11 is 6.84. The van der Waals surface area contributed by atoms with Gasteiger partial charge in [0, 0.05) is 10.9 Å². The molecule has 98 valence electrons. The number of rotatable bonds is 4. The number of hydrogen-bond donors (Lipinski definition) is 0. The Balaban J connectivity index is 0.000000351. The molecule has 0 aliphatic heterocycles. The van der Waals surface area contributed by atoms with Crippen LogP contribution in [0.25, 0.3) is 0 Å². The zero-order chi connectivity index (χ0) is 14.2. The predicted molar refractivity (Wildman–Crippen MR) is 79.3 cm³/mol. The molecule has 0 heterocycles. The molecule has 0 saturated heterocycles. The van der Waals surface area contributed by atoms with Gasteiger partial charge in [-0.3, -0.25) is 0 Å². The van der Waals surface area contributed by atoms with Gasteiger partial charge in [0.2, 0.25) is 0 Å². The molecule has 2 nitrogen and oxygen atoms in total. The van der Waals surface area contributed by atoms with Gasteiger partial charge in [0.1, 0.15) is 0 Å². The van der Waals surface area contributed by atoms with Crippen LogP contribution in [0.1, 0.15) is 27.7 Å². The topological polar surface area (TPSA) is 32.3 Å². The van der Waals surface area contributed by atoms with Crippen LogP contribution in [-0.2, 0) is 42.5 Å². The molecule has 1 rings (SSSR count). The molecule has 1 atom stereocenters. The standard InChI is InChI=1S/C6H15O2PS2.C6H5.Hg/c1-5(2)8-9(7,10)11-6(3)4;1-2-4-6-5-3-1;/h5-6H,1-4H3,(H,7,10);1-5H;/q;;+1/p-1. The van der Waals surface area contributed by atoms with Crippen molar-refractivity contribution in [3.05, 3.63) is 30.3 Å². The molecule has 6 heteroatoms. The van der Waals surface area contributed by atoms with Gasteiger partial charge in [0.05, 0.1) is 6.10 Å². The zero-order valence-electron chi connectivity index (χ0n) is 11.3. The van der Waals surface area contributed by atoms with Crippen molar-refractivity contribution >= 4 is 32.0 Å². The van der Waals surface area contributed by atoms with E-state index in [-0.39, 0.29) is 11.4 Å². The summed E-state index contributed by atoms with van der Waals surface area (Å²) in [4.78, 5) is 11.4. The van der Waals surface area contributed by atoms with Crippen LogP contribution in [0, 0.1) is 0 Å². The molecule has 0 fully saturated rings. The van der Waals surface area contributed by atoms with E-state index in [2.05, 4.69) is 30.3 Å². The van der Waals surface area contributed by atoms with Crippen molar-refractivity contribution < 1.29 is 35.5 Å². The Bertz CT molecular complexity index is 358. The second-order valence-corrected chi connectivity index (χ2v) is 13.9. The molecule has 0 radical (unpaired) electrons. The third kappa shape index (κ3) is 12.1. The van der Waals surface area contributed by atoms with Crippen molar-refractivity contribution in [3.8, 4) is 0 Å². The van der Waals surface area contributed by atoms with Crippen LogP contribution in [0.3, 0.4) is 0 Å². The van der Waals surface area contributed by atoms with E-state index in [0.29, 0.717) is 0 Å². The minimum absolute atomic E-state index is 0.0513. The summed E-state index contributed by atoms with van der Waals surface area (Å²) < 4.78 is 6.60. The molecular formula is C12H19HgO2PS2. The molecule has 1 unspecified atom stereocenters. The fourth-order valence-corrected chi connectivity index (χ4v) is 7.44. The first-order valence-electron chi connectivity index (χ1n) is 5.78. The van der Waals surface area contributed by atoms with Crippen molar-refractivity contribution in [2.24, 2.45) is 0 Å². The van der Waals surface area contributed by atoms with Crippen molar-refractivity contribution in [2.75, 3.05) is 0 Å². The van der Waals surface area contributed by atoms with Crippen LogP contribution < -0.4 is 7.97 Å². The fourth-order valence-electron chi connectivity index (χ4n) is 1.02. The molecule has 1 aromatic rings. The Morgan fingerprint density at radius 2 is 1.72 bits per heavy atom. The van der Waals surface area contributed by atoms with E-state index < -0.39 is 5.69 Å². The van der Waals surface area contributed by atoms with Gasteiger partial charge in [0.15, 0.2) is 0 Å². The molecule has 0 N–H and O–H groups in total. The van der Waals surface area contributed by atoms with Crippen molar-refractivity contribution in [3.63, 3.8) is 0 Å². The molecule has 0 bridgehead atoms. The van der Waals surface area contributed by atoms with E-state index in [1.165, 1.54) is 14.5 Å². The van der Waals surface area contributed by atoms with Gasteiger partial charge < -0.3 is 9.42 Å². The third-order valence-corrected chi connectivity index (χ3v) is 8.05. The van der Waals surface area contributed by atoms with Crippen LogP contribution >= 0.6 is 17.1 Å². The summed E-state index contributed by atoms with van der Waals surface area (Å²) in [6, 6.07) is 10.6. The van der Waals surface area contributed by atoms with Crippen LogP contribution in [0.2, 0.25) is 0 Å². The van der Waals surface area contributed by atoms with Crippen molar-refractivity contribution in [1.82, 2.24) is 0 Å². The molecule has 0 aliphatic carbocycles. The average molecular weight is 491 g/mol. The Labute approximate surface area is 136 Å². The number of hydrogen-bond acceptors (Lipinski definition) is 4. The molecular weight excluding hydrogens is 472 g/mol. The zero-order valence-corrected chi connectivity index (χ0v) is 19.4. The second-order valence-electron chi connectivity index (χ2n) is 4.24. The Kier molecular flexibility index (Phi) is 10.5. The molecule has 0 saturated carbocycles. The average Bonchev–Trinajstić information content (AvgIpc) is 2.14. The van der Waals surface area contributed by atoms with E-state index in [1.807, 2.05) is 27.7 Å². The van der Waals surface area contributed by atoms with Gasteiger partial charge in [-0.2, -0.15) is 0 Å². The fraction of sp³-hybridized carbons (Fsp3) is 0.500. The normalized spacial score (nSPS) is 14.1. The second kappa shape index (κ2) is 9.90. The van der Waals surface area contributed by atoms with Gasteiger partial charge in [-0.1, -0.05) is 25.7 Å². The van der Waals surface area contributed by atoms with Crippen LogP contribution in [-0.4, -0.2) is 11.4 Å². The molecule has 0 aliphatic rings. The summed E-state index contributed by atoms with van der Waals surface area (Å²) in [5.41, 5.74) is -2.80. The van der Waals surface area contributed by atoms with Gasteiger partial charge in [-0.15, -0.1) is 11.4 Å². The first-order valence-corrected chi connectivity index (χ1v) is 12.6. The Morgan fingerprint density at radius 1 is 1.22 bits per heavy atom. The van der Waals surface area contributed by atoms with E-state index in [0.717, 1.165) is 26.1 Å². The quantitative estimate of drug-likeness (QED) is 0.480. The molecule has 1 aromatic carbocycles. The van der Waals surface area contributed by atoms with Gasteiger partial charge in [-0.05, 0) is 13.8 Å². The number of benzene rings is 1. The monoisotopic (exact) mass is 492 g/mol. The summed E-state index contributed by atoms with van der Waals surface area (Å²) in [7, 11) is 0. The maximum atomic E-state index is 11.4. The first kappa shape index (κ1) is 19.1. The summed E-state index contributed by atoms with van der Waals surface area (Å²) in [5.74, 6) is 0. The Hall–Kier alpha value is 1.08. The van der Waals surface area contributed by atoms with E-state index in [1.54, 1.807) is 0 Å². The third-order valence-electron chi connectivity index (χ3n) is 1.52. The molecule has 0 amide bonds. The first-order chi connectivity index (χ1) is 8.23. The van der Waals surface area contributed by atoms with E-state index in [9.17, 15) is 4.89 Å². The SMILES string of the molecule is CC(C)OP([O-])(=S)SC(C)C.[Hg+][c]1ccccc1. The summed E-state index contributed by atoms with van der Waals surface area (Å²) in [5, 5.41) is 0.261. The van der Waals surface area contributed by atoms with Crippen LogP contribution in [0.4, 0.5) is 0 Å². The summed E-state index contributed by atoms with van der Waals surface area (Å²) in [6.45, 7) is 7.57. The summed E-state index contributed by atoms with van der Waals surface area (Å²) in [6.07, 6.45) is -0.0513. The van der Waals surface area contributed by atoms with E-state index in [4.69, 9.17) is 16.3 Å². The molecule has 18 heavy (non-hydrogen) atoms. The maximum absolute atomic E-state index is 11.4. The predicted octanol–water partition coefficient (Wildman–Crippen LogP) is 3.00. The van der Waals surface area contributed by atoms with Gasteiger partial charge in [-0.25, -0.2) is 0 Å². The van der Waals surface area contributed by atoms with Crippen LogP contribution in [0.15, 0.2) is 30.3 Å². The van der Waals surface area contributed by atoms with Gasteiger partial charge >= 0.3 is 59.5 Å². The van der Waals surface area contributed by atoms with Gasteiger partial charge in [0.25, 0.3) is 0 Å². The molecule has 0 aromatic heterocycles.